The van der Waals surface area contributed by atoms with Gasteiger partial charge < -0.3 is 14.8 Å². The SMILES string of the molecule is CNC1c2cc3c(cc2S(=O)CC1C)OCCCO3. The average molecular weight is 281 g/mol. The van der Waals surface area contributed by atoms with Gasteiger partial charge in [-0.15, -0.1) is 0 Å². The molecule has 4 nitrogen and oxygen atoms in total. The van der Waals surface area contributed by atoms with Gasteiger partial charge in [0.2, 0.25) is 0 Å². The van der Waals surface area contributed by atoms with Crippen molar-refractivity contribution in [2.45, 2.75) is 24.3 Å². The molecule has 2 aliphatic heterocycles. The number of rotatable bonds is 1. The van der Waals surface area contributed by atoms with E-state index in [0.29, 0.717) is 24.9 Å². The summed E-state index contributed by atoms with van der Waals surface area (Å²) in [5.41, 5.74) is 1.09. The van der Waals surface area contributed by atoms with E-state index < -0.39 is 10.8 Å². The standard InChI is InChI=1S/C14H19NO3S/c1-9-8-19(16)13-7-12-11(17-4-3-5-18-12)6-10(13)14(9)15-2/h6-7,9,14-15H,3-5,8H2,1-2H3. The molecule has 3 rings (SSSR count). The minimum atomic E-state index is -0.947. The van der Waals surface area contributed by atoms with Gasteiger partial charge in [-0.25, -0.2) is 0 Å². The summed E-state index contributed by atoms with van der Waals surface area (Å²) in [7, 11) is 1.000. The molecule has 3 unspecified atom stereocenters. The van der Waals surface area contributed by atoms with E-state index in [9.17, 15) is 4.21 Å². The molecule has 0 amide bonds. The van der Waals surface area contributed by atoms with Crippen LogP contribution in [0.25, 0.3) is 0 Å². The summed E-state index contributed by atoms with van der Waals surface area (Å²) in [6.07, 6.45) is 0.883. The largest absolute Gasteiger partial charge is 0.490 e. The zero-order valence-corrected chi connectivity index (χ0v) is 12.1. The lowest BCUT2D eigenvalue weighted by Crippen LogP contribution is -2.32. The Labute approximate surface area is 115 Å². The third kappa shape index (κ3) is 2.25. The second-order valence-corrected chi connectivity index (χ2v) is 6.61. The molecule has 0 saturated carbocycles. The molecule has 5 heteroatoms. The molecule has 0 aliphatic carbocycles. The van der Waals surface area contributed by atoms with Crippen molar-refractivity contribution in [3.05, 3.63) is 17.7 Å². The predicted octanol–water partition coefficient (Wildman–Crippen LogP) is 1.87. The lowest BCUT2D eigenvalue weighted by molar-refractivity contribution is 0.296. The Kier molecular flexibility index (Phi) is 3.50. The topological polar surface area (TPSA) is 47.6 Å². The molecule has 0 bridgehead atoms. The average Bonchev–Trinajstić information content (AvgIpc) is 2.62. The maximum Gasteiger partial charge on any atom is 0.162 e. The number of hydrogen-bond donors (Lipinski definition) is 1. The summed E-state index contributed by atoms with van der Waals surface area (Å²) >= 11 is 0. The van der Waals surface area contributed by atoms with Crippen LogP contribution in [0.15, 0.2) is 17.0 Å². The fourth-order valence-electron chi connectivity index (χ4n) is 2.82. The molecule has 0 fully saturated rings. The van der Waals surface area contributed by atoms with Crippen LogP contribution in [0.3, 0.4) is 0 Å². The van der Waals surface area contributed by atoms with Crippen LogP contribution in [0.4, 0.5) is 0 Å². The molecule has 1 N–H and O–H groups in total. The van der Waals surface area contributed by atoms with Gasteiger partial charge >= 0.3 is 0 Å². The highest BCUT2D eigenvalue weighted by Crippen LogP contribution is 2.41. The summed E-state index contributed by atoms with van der Waals surface area (Å²) in [6.45, 7) is 3.46. The van der Waals surface area contributed by atoms with Crippen LogP contribution in [0.1, 0.15) is 24.9 Å². The Bertz CT molecular complexity index is 518. The Morgan fingerprint density at radius 2 is 1.95 bits per heavy atom. The fourth-order valence-corrected chi connectivity index (χ4v) is 4.35. The van der Waals surface area contributed by atoms with Crippen molar-refractivity contribution in [1.82, 2.24) is 5.32 Å². The third-order valence-corrected chi connectivity index (χ3v) is 5.43. The van der Waals surface area contributed by atoms with E-state index in [0.717, 1.165) is 28.4 Å². The maximum absolute atomic E-state index is 12.3. The van der Waals surface area contributed by atoms with E-state index in [2.05, 4.69) is 12.2 Å². The first-order valence-corrected chi connectivity index (χ1v) is 8.01. The summed E-state index contributed by atoms with van der Waals surface area (Å²) in [5, 5.41) is 3.32. The lowest BCUT2D eigenvalue weighted by Gasteiger charge is -2.31. The number of benzene rings is 1. The third-order valence-electron chi connectivity index (χ3n) is 3.75. The highest BCUT2D eigenvalue weighted by atomic mass is 32.2. The molecule has 1 aromatic carbocycles. The van der Waals surface area contributed by atoms with Crippen LogP contribution in [-0.4, -0.2) is 30.2 Å². The van der Waals surface area contributed by atoms with Crippen molar-refractivity contribution in [1.29, 1.82) is 0 Å². The number of hydrogen-bond acceptors (Lipinski definition) is 4. The van der Waals surface area contributed by atoms with E-state index in [1.54, 1.807) is 0 Å². The molecular formula is C14H19NO3S. The van der Waals surface area contributed by atoms with Crippen molar-refractivity contribution in [2.75, 3.05) is 26.0 Å². The predicted molar refractivity (Wildman–Crippen MR) is 74.3 cm³/mol. The molecule has 3 atom stereocenters. The smallest absolute Gasteiger partial charge is 0.162 e. The normalized spacial score (nSPS) is 29.5. The van der Waals surface area contributed by atoms with Gasteiger partial charge in [-0.2, -0.15) is 0 Å². The first-order chi connectivity index (χ1) is 9.20. The van der Waals surface area contributed by atoms with E-state index in [1.807, 2.05) is 19.2 Å². The van der Waals surface area contributed by atoms with Crippen LogP contribution in [0.5, 0.6) is 11.5 Å². The lowest BCUT2D eigenvalue weighted by atomic mass is 9.95. The molecule has 2 aliphatic rings. The summed E-state index contributed by atoms with van der Waals surface area (Å²) < 4.78 is 23.7. The second-order valence-electron chi connectivity index (χ2n) is 5.14. The summed E-state index contributed by atoms with van der Waals surface area (Å²) in [5.74, 6) is 2.55. The Balaban J connectivity index is 2.11. The van der Waals surface area contributed by atoms with Crippen molar-refractivity contribution >= 4 is 10.8 Å². The molecule has 0 aromatic heterocycles. The van der Waals surface area contributed by atoms with Gasteiger partial charge in [0.15, 0.2) is 11.5 Å². The Morgan fingerprint density at radius 1 is 1.26 bits per heavy atom. The van der Waals surface area contributed by atoms with Crippen LogP contribution < -0.4 is 14.8 Å². The number of nitrogens with one attached hydrogen (secondary N) is 1. The quantitative estimate of drug-likeness (QED) is 0.853. The van der Waals surface area contributed by atoms with Crippen molar-refractivity contribution in [2.24, 2.45) is 5.92 Å². The van der Waals surface area contributed by atoms with Crippen LogP contribution in [0.2, 0.25) is 0 Å². The minimum absolute atomic E-state index is 0.227. The monoisotopic (exact) mass is 281 g/mol. The zero-order chi connectivity index (χ0) is 13.4. The van der Waals surface area contributed by atoms with E-state index in [1.165, 1.54) is 0 Å². The van der Waals surface area contributed by atoms with Gasteiger partial charge in [-0.05, 0) is 24.6 Å². The van der Waals surface area contributed by atoms with Crippen LogP contribution in [0, 0.1) is 5.92 Å². The molecular weight excluding hydrogens is 262 g/mol. The molecule has 19 heavy (non-hydrogen) atoms. The molecule has 0 radical (unpaired) electrons. The Morgan fingerprint density at radius 3 is 2.63 bits per heavy atom. The molecule has 104 valence electrons. The molecule has 0 saturated heterocycles. The fraction of sp³-hybridized carbons (Fsp3) is 0.571. The highest BCUT2D eigenvalue weighted by molar-refractivity contribution is 7.85. The second kappa shape index (κ2) is 5.13. The molecule has 1 aromatic rings. The van der Waals surface area contributed by atoms with E-state index >= 15 is 0 Å². The van der Waals surface area contributed by atoms with Crippen LogP contribution >= 0.6 is 0 Å². The molecule has 0 spiro atoms. The number of fused-ring (bicyclic) bond motifs is 2. The summed E-state index contributed by atoms with van der Waals surface area (Å²) in [6, 6.07) is 4.14. The van der Waals surface area contributed by atoms with Gasteiger partial charge in [0.05, 0.1) is 24.0 Å². The maximum atomic E-state index is 12.3. The van der Waals surface area contributed by atoms with E-state index in [-0.39, 0.29) is 6.04 Å². The highest BCUT2D eigenvalue weighted by Gasteiger charge is 2.31. The minimum Gasteiger partial charge on any atom is -0.490 e. The first-order valence-electron chi connectivity index (χ1n) is 6.70. The van der Waals surface area contributed by atoms with Gasteiger partial charge in [-0.3, -0.25) is 4.21 Å². The van der Waals surface area contributed by atoms with E-state index in [4.69, 9.17) is 9.47 Å². The zero-order valence-electron chi connectivity index (χ0n) is 11.3. The first kappa shape index (κ1) is 12.9. The summed E-state index contributed by atoms with van der Waals surface area (Å²) in [4.78, 5) is 0.890. The number of ether oxygens (including phenoxy) is 2. The van der Waals surface area contributed by atoms with Crippen LogP contribution in [-0.2, 0) is 10.8 Å². The van der Waals surface area contributed by atoms with Crippen molar-refractivity contribution in [3.63, 3.8) is 0 Å². The van der Waals surface area contributed by atoms with Gasteiger partial charge in [-0.1, -0.05) is 6.92 Å². The van der Waals surface area contributed by atoms with Gasteiger partial charge in [0, 0.05) is 29.2 Å². The van der Waals surface area contributed by atoms with Crippen molar-refractivity contribution in [3.8, 4) is 11.5 Å². The van der Waals surface area contributed by atoms with Gasteiger partial charge in [0.1, 0.15) is 0 Å². The molecule has 2 heterocycles. The van der Waals surface area contributed by atoms with Gasteiger partial charge in [0.25, 0.3) is 0 Å². The Hall–Kier alpha value is -1.07. The van der Waals surface area contributed by atoms with Crippen molar-refractivity contribution < 1.29 is 13.7 Å².